The molecule has 2 N–H and O–H groups in total. The highest BCUT2D eigenvalue weighted by molar-refractivity contribution is 9.10. The Labute approximate surface area is 178 Å². The van der Waals surface area contributed by atoms with E-state index in [1.807, 2.05) is 25.1 Å². The van der Waals surface area contributed by atoms with E-state index in [1.165, 1.54) is 0 Å². The molecular weight excluding hydrogens is 444 g/mol. The van der Waals surface area contributed by atoms with Gasteiger partial charge in [0.1, 0.15) is 18.1 Å². The molecule has 0 aromatic heterocycles. The number of thiocarbonyl (C=S) groups is 1. The third-order valence-electron chi connectivity index (χ3n) is 3.53. The number of rotatable bonds is 9. The van der Waals surface area contributed by atoms with E-state index in [0.29, 0.717) is 47.0 Å². The van der Waals surface area contributed by atoms with E-state index < -0.39 is 0 Å². The molecule has 0 atom stereocenters. The molecule has 2 aromatic rings. The topological polar surface area (TPSA) is 68.8 Å². The van der Waals surface area contributed by atoms with Crippen LogP contribution in [0.4, 0.5) is 5.69 Å². The minimum Gasteiger partial charge on any atom is -0.492 e. The Morgan fingerprint density at radius 2 is 1.93 bits per heavy atom. The van der Waals surface area contributed by atoms with Crippen LogP contribution in [0.5, 0.6) is 11.5 Å². The van der Waals surface area contributed by atoms with Crippen LogP contribution in [0.15, 0.2) is 46.9 Å². The quantitative estimate of drug-likeness (QED) is 0.421. The zero-order chi connectivity index (χ0) is 20.4. The van der Waals surface area contributed by atoms with Crippen molar-refractivity contribution in [3.8, 4) is 11.5 Å². The van der Waals surface area contributed by atoms with Crippen molar-refractivity contribution >= 4 is 44.9 Å². The van der Waals surface area contributed by atoms with Gasteiger partial charge in [0.05, 0.1) is 17.7 Å². The van der Waals surface area contributed by atoms with Crippen molar-refractivity contribution < 1.29 is 19.0 Å². The molecule has 8 heteroatoms. The second-order valence-corrected chi connectivity index (χ2v) is 7.03. The number of nitrogens with one attached hydrogen (secondary N) is 2. The highest BCUT2D eigenvalue weighted by Gasteiger charge is 2.11. The Morgan fingerprint density at radius 3 is 2.64 bits per heavy atom. The van der Waals surface area contributed by atoms with E-state index in [0.717, 1.165) is 6.42 Å². The van der Waals surface area contributed by atoms with Gasteiger partial charge in [0.25, 0.3) is 5.91 Å². The van der Waals surface area contributed by atoms with Gasteiger partial charge < -0.3 is 19.5 Å². The molecule has 0 spiro atoms. The summed E-state index contributed by atoms with van der Waals surface area (Å²) in [5, 5.41) is 5.84. The number of ether oxygens (including phenoxy) is 3. The number of carbonyl (C=O) groups excluding carboxylic acids is 1. The van der Waals surface area contributed by atoms with Crippen LogP contribution in [0.1, 0.15) is 23.7 Å². The first-order valence-corrected chi connectivity index (χ1v) is 10.00. The van der Waals surface area contributed by atoms with Gasteiger partial charge >= 0.3 is 0 Å². The molecule has 0 aliphatic rings. The van der Waals surface area contributed by atoms with Crippen molar-refractivity contribution in [2.45, 2.75) is 13.3 Å². The lowest BCUT2D eigenvalue weighted by Gasteiger charge is -2.12. The zero-order valence-electron chi connectivity index (χ0n) is 15.8. The second-order valence-electron chi connectivity index (χ2n) is 5.77. The molecule has 0 heterocycles. The molecule has 6 nitrogen and oxygen atoms in total. The molecule has 0 aliphatic heterocycles. The van der Waals surface area contributed by atoms with E-state index in [2.05, 4.69) is 26.6 Å². The maximum atomic E-state index is 12.4. The fraction of sp³-hybridized carbons (Fsp3) is 0.300. The van der Waals surface area contributed by atoms with Crippen LogP contribution in [-0.4, -0.2) is 38.0 Å². The maximum Gasteiger partial charge on any atom is 0.257 e. The van der Waals surface area contributed by atoms with Crippen LogP contribution in [0.25, 0.3) is 0 Å². The van der Waals surface area contributed by atoms with Crippen molar-refractivity contribution in [3.05, 3.63) is 52.5 Å². The van der Waals surface area contributed by atoms with Gasteiger partial charge in [-0.15, -0.1) is 0 Å². The number of halogens is 1. The zero-order valence-corrected chi connectivity index (χ0v) is 18.2. The number of amides is 1. The molecule has 1 amide bonds. The number of carbonyl (C=O) groups is 1. The Morgan fingerprint density at radius 1 is 1.11 bits per heavy atom. The maximum absolute atomic E-state index is 12.4. The highest BCUT2D eigenvalue weighted by atomic mass is 79.9. The Kier molecular flexibility index (Phi) is 9.19. The fourth-order valence-corrected chi connectivity index (χ4v) is 2.92. The number of methoxy groups -OCH3 is 1. The number of hydrogen-bond donors (Lipinski definition) is 2. The van der Waals surface area contributed by atoms with Gasteiger partial charge in [0, 0.05) is 24.4 Å². The summed E-state index contributed by atoms with van der Waals surface area (Å²) in [6, 6.07) is 12.4. The van der Waals surface area contributed by atoms with Gasteiger partial charge in [-0.1, -0.05) is 13.0 Å². The van der Waals surface area contributed by atoms with Crippen molar-refractivity contribution in [1.29, 1.82) is 0 Å². The largest absolute Gasteiger partial charge is 0.492 e. The van der Waals surface area contributed by atoms with Crippen molar-refractivity contribution in [1.82, 2.24) is 5.32 Å². The van der Waals surface area contributed by atoms with Gasteiger partial charge in [-0.05, 0) is 64.9 Å². The Bertz CT molecular complexity index is 817. The summed E-state index contributed by atoms with van der Waals surface area (Å²) in [5.74, 6) is 1.07. The lowest BCUT2D eigenvalue weighted by atomic mass is 10.2. The van der Waals surface area contributed by atoms with E-state index >= 15 is 0 Å². The molecular formula is C20H23BrN2O4S. The monoisotopic (exact) mass is 466 g/mol. The lowest BCUT2D eigenvalue weighted by molar-refractivity contribution is 0.0977. The van der Waals surface area contributed by atoms with E-state index in [9.17, 15) is 4.79 Å². The molecule has 0 unspecified atom stereocenters. The van der Waals surface area contributed by atoms with Gasteiger partial charge in [-0.2, -0.15) is 0 Å². The summed E-state index contributed by atoms with van der Waals surface area (Å²) in [7, 11) is 1.62. The molecule has 28 heavy (non-hydrogen) atoms. The predicted molar refractivity (Wildman–Crippen MR) is 117 cm³/mol. The van der Waals surface area contributed by atoms with Gasteiger partial charge in [-0.3, -0.25) is 10.1 Å². The summed E-state index contributed by atoms with van der Waals surface area (Å²) in [4.78, 5) is 12.4. The highest BCUT2D eigenvalue weighted by Crippen LogP contribution is 2.26. The normalized spacial score (nSPS) is 10.2. The van der Waals surface area contributed by atoms with Crippen LogP contribution < -0.4 is 20.1 Å². The first-order chi connectivity index (χ1) is 13.5. The second kappa shape index (κ2) is 11.6. The average Bonchev–Trinajstić information content (AvgIpc) is 2.67. The molecule has 0 fully saturated rings. The van der Waals surface area contributed by atoms with Crippen LogP contribution in [-0.2, 0) is 4.74 Å². The fourth-order valence-electron chi connectivity index (χ4n) is 2.22. The molecule has 150 valence electrons. The Balaban J connectivity index is 1.93. The van der Waals surface area contributed by atoms with Crippen molar-refractivity contribution in [2.24, 2.45) is 0 Å². The standard InChI is InChI=1S/C20H23BrN2O4S/c1-3-9-27-18-8-7-14(12-17(18)21)19(24)23-20(28)22-15-5-4-6-16(13-15)26-11-10-25-2/h4-8,12-13H,3,9-11H2,1-2H3,(H2,22,23,24,28). The van der Waals surface area contributed by atoms with Crippen molar-refractivity contribution in [3.63, 3.8) is 0 Å². The van der Waals surface area contributed by atoms with Crippen LogP contribution in [0.3, 0.4) is 0 Å². The third kappa shape index (κ3) is 7.10. The van der Waals surface area contributed by atoms with Crippen LogP contribution in [0.2, 0.25) is 0 Å². The summed E-state index contributed by atoms with van der Waals surface area (Å²) >= 11 is 8.66. The smallest absolute Gasteiger partial charge is 0.257 e. The Hall–Kier alpha value is -2.16. The average molecular weight is 467 g/mol. The summed E-state index contributed by atoms with van der Waals surface area (Å²) in [6.45, 7) is 3.61. The molecule has 2 aromatic carbocycles. The minimum atomic E-state index is -0.312. The number of benzene rings is 2. The van der Waals surface area contributed by atoms with Gasteiger partial charge in [0.15, 0.2) is 5.11 Å². The van der Waals surface area contributed by atoms with Crippen molar-refractivity contribution in [2.75, 3.05) is 32.2 Å². The third-order valence-corrected chi connectivity index (χ3v) is 4.35. The SMILES string of the molecule is CCCOc1ccc(C(=O)NC(=S)Nc2cccc(OCCOC)c2)cc1Br. The molecule has 0 aliphatic carbocycles. The molecule has 0 bridgehead atoms. The molecule has 0 saturated heterocycles. The van der Waals surface area contributed by atoms with Crippen LogP contribution in [0, 0.1) is 0 Å². The van der Waals surface area contributed by atoms with Gasteiger partial charge in [0.2, 0.25) is 0 Å². The molecule has 0 radical (unpaired) electrons. The number of anilines is 1. The first kappa shape index (κ1) is 22.1. The lowest BCUT2D eigenvalue weighted by Crippen LogP contribution is -2.34. The number of hydrogen-bond acceptors (Lipinski definition) is 5. The van der Waals surface area contributed by atoms with E-state index in [-0.39, 0.29) is 11.0 Å². The minimum absolute atomic E-state index is 0.196. The summed E-state index contributed by atoms with van der Waals surface area (Å²) < 4.78 is 16.8. The summed E-state index contributed by atoms with van der Waals surface area (Å²) in [6.07, 6.45) is 0.910. The predicted octanol–water partition coefficient (Wildman–Crippen LogP) is 4.39. The van der Waals surface area contributed by atoms with E-state index in [4.69, 9.17) is 26.4 Å². The molecule has 0 saturated carbocycles. The van der Waals surface area contributed by atoms with E-state index in [1.54, 1.807) is 31.4 Å². The van der Waals surface area contributed by atoms with Gasteiger partial charge in [-0.25, -0.2) is 0 Å². The molecule has 2 rings (SSSR count). The van der Waals surface area contributed by atoms with Crippen LogP contribution >= 0.6 is 28.1 Å². The first-order valence-electron chi connectivity index (χ1n) is 8.80. The summed E-state index contributed by atoms with van der Waals surface area (Å²) in [5.41, 5.74) is 1.18.